The van der Waals surface area contributed by atoms with Crippen LogP contribution in [0.4, 0.5) is 4.39 Å². The van der Waals surface area contributed by atoms with Crippen LogP contribution in [0.5, 0.6) is 0 Å². The Bertz CT molecular complexity index is 494. The van der Waals surface area contributed by atoms with Gasteiger partial charge in [0.25, 0.3) is 0 Å². The van der Waals surface area contributed by atoms with Crippen molar-refractivity contribution in [2.24, 2.45) is 5.92 Å². The smallest absolute Gasteiger partial charge is 0.131 e. The average Bonchev–Trinajstić information content (AvgIpc) is 2.50. The first-order valence-corrected chi connectivity index (χ1v) is 8.92. The molecule has 4 heteroatoms. The molecule has 2 aliphatic heterocycles. The molecule has 0 aromatic heterocycles. The van der Waals surface area contributed by atoms with E-state index in [9.17, 15) is 9.50 Å². The van der Waals surface area contributed by atoms with Crippen molar-refractivity contribution in [3.05, 3.63) is 35.1 Å². The van der Waals surface area contributed by atoms with Crippen LogP contribution < -0.4 is 0 Å². The van der Waals surface area contributed by atoms with E-state index < -0.39 is 6.10 Å². The molecule has 2 nitrogen and oxygen atoms in total. The van der Waals surface area contributed by atoms with Gasteiger partial charge in [0.15, 0.2) is 0 Å². The lowest BCUT2D eigenvalue weighted by atomic mass is 9.78. The van der Waals surface area contributed by atoms with E-state index in [1.54, 1.807) is 19.1 Å². The second-order valence-electron chi connectivity index (χ2n) is 6.32. The molecule has 1 N–H and O–H groups in total. The first-order chi connectivity index (χ1) is 10.1. The highest BCUT2D eigenvalue weighted by Crippen LogP contribution is 2.43. The Balaban J connectivity index is 1.78. The van der Waals surface area contributed by atoms with Crippen molar-refractivity contribution < 1.29 is 14.2 Å². The summed E-state index contributed by atoms with van der Waals surface area (Å²) in [5.74, 6) is 2.09. The van der Waals surface area contributed by atoms with E-state index in [1.807, 2.05) is 17.8 Å². The van der Waals surface area contributed by atoms with Crippen LogP contribution in [-0.2, 0) is 4.74 Å². The van der Waals surface area contributed by atoms with Gasteiger partial charge in [0.1, 0.15) is 5.82 Å². The number of rotatable bonds is 2. The predicted octanol–water partition coefficient (Wildman–Crippen LogP) is 3.86. The molecule has 0 aliphatic carbocycles. The van der Waals surface area contributed by atoms with E-state index in [-0.39, 0.29) is 17.3 Å². The minimum absolute atomic E-state index is 0.0740. The molecule has 21 heavy (non-hydrogen) atoms. The van der Waals surface area contributed by atoms with Gasteiger partial charge in [0, 0.05) is 12.2 Å². The predicted molar refractivity (Wildman–Crippen MR) is 84.1 cm³/mol. The zero-order valence-corrected chi connectivity index (χ0v) is 13.3. The van der Waals surface area contributed by atoms with Gasteiger partial charge in [-0.1, -0.05) is 18.2 Å². The molecule has 1 aromatic rings. The third-order valence-electron chi connectivity index (χ3n) is 4.92. The highest BCUT2D eigenvalue weighted by atomic mass is 32.2. The van der Waals surface area contributed by atoms with Crippen LogP contribution in [0.15, 0.2) is 18.2 Å². The normalized spacial score (nSPS) is 26.7. The SMILES string of the molecule is Cc1cccc(C(O)C2CCOC3(CCSCC3)C2)c1F. The van der Waals surface area contributed by atoms with E-state index in [2.05, 4.69) is 0 Å². The maximum absolute atomic E-state index is 14.2. The van der Waals surface area contributed by atoms with E-state index in [4.69, 9.17) is 4.74 Å². The van der Waals surface area contributed by atoms with Gasteiger partial charge >= 0.3 is 0 Å². The van der Waals surface area contributed by atoms with Crippen LogP contribution in [0.1, 0.15) is 42.9 Å². The summed E-state index contributed by atoms with van der Waals surface area (Å²) in [6.45, 7) is 2.43. The molecule has 0 bridgehead atoms. The Morgan fingerprint density at radius 2 is 2.14 bits per heavy atom. The fourth-order valence-corrected chi connectivity index (χ4v) is 4.82. The molecule has 0 amide bonds. The van der Waals surface area contributed by atoms with Crippen LogP contribution in [0.3, 0.4) is 0 Å². The van der Waals surface area contributed by atoms with Crippen LogP contribution in [0, 0.1) is 18.7 Å². The number of ether oxygens (including phenoxy) is 1. The fourth-order valence-electron chi connectivity index (χ4n) is 3.58. The van der Waals surface area contributed by atoms with Crippen LogP contribution >= 0.6 is 11.8 Å². The lowest BCUT2D eigenvalue weighted by Gasteiger charge is -2.44. The molecular weight excluding hydrogens is 287 g/mol. The van der Waals surface area contributed by atoms with Crippen molar-refractivity contribution in [3.63, 3.8) is 0 Å². The average molecular weight is 310 g/mol. The second-order valence-corrected chi connectivity index (χ2v) is 7.54. The number of aliphatic hydroxyl groups is 1. The molecule has 1 aromatic carbocycles. The lowest BCUT2D eigenvalue weighted by Crippen LogP contribution is -2.44. The Kier molecular flexibility index (Phi) is 4.57. The fraction of sp³-hybridized carbons (Fsp3) is 0.647. The van der Waals surface area contributed by atoms with Gasteiger partial charge < -0.3 is 9.84 Å². The Hall–Kier alpha value is -0.580. The molecule has 0 saturated carbocycles. The maximum Gasteiger partial charge on any atom is 0.131 e. The second kappa shape index (κ2) is 6.27. The number of hydrogen-bond acceptors (Lipinski definition) is 3. The summed E-state index contributed by atoms with van der Waals surface area (Å²) >= 11 is 1.97. The van der Waals surface area contributed by atoms with Gasteiger partial charge in [-0.3, -0.25) is 0 Å². The first-order valence-electron chi connectivity index (χ1n) is 7.76. The van der Waals surface area contributed by atoms with Crippen molar-refractivity contribution in [2.75, 3.05) is 18.1 Å². The van der Waals surface area contributed by atoms with Crippen molar-refractivity contribution in [2.45, 2.75) is 44.3 Å². The number of aliphatic hydroxyl groups excluding tert-OH is 1. The summed E-state index contributed by atoms with van der Waals surface area (Å²) in [5, 5.41) is 10.7. The van der Waals surface area contributed by atoms with Gasteiger partial charge in [-0.05, 0) is 55.6 Å². The largest absolute Gasteiger partial charge is 0.388 e. The van der Waals surface area contributed by atoms with E-state index in [1.165, 1.54) is 0 Å². The van der Waals surface area contributed by atoms with E-state index in [0.29, 0.717) is 17.7 Å². The molecule has 2 saturated heterocycles. The molecule has 2 atom stereocenters. The van der Waals surface area contributed by atoms with Crippen molar-refractivity contribution in [3.8, 4) is 0 Å². The molecule has 0 radical (unpaired) electrons. The Labute approximate surface area is 130 Å². The summed E-state index contributed by atoms with van der Waals surface area (Å²) in [6, 6.07) is 5.28. The number of halogens is 1. The van der Waals surface area contributed by atoms with Gasteiger partial charge in [-0.15, -0.1) is 0 Å². The highest BCUT2D eigenvalue weighted by Gasteiger charge is 2.41. The molecule has 2 unspecified atom stereocenters. The van der Waals surface area contributed by atoms with Crippen LogP contribution in [0.2, 0.25) is 0 Å². The van der Waals surface area contributed by atoms with Crippen LogP contribution in [-0.4, -0.2) is 28.8 Å². The molecular formula is C17H23FO2S. The number of thioether (sulfide) groups is 1. The highest BCUT2D eigenvalue weighted by molar-refractivity contribution is 7.99. The Morgan fingerprint density at radius 3 is 2.90 bits per heavy atom. The Morgan fingerprint density at radius 1 is 1.38 bits per heavy atom. The third kappa shape index (κ3) is 3.13. The number of hydrogen-bond donors (Lipinski definition) is 1. The summed E-state index contributed by atoms with van der Waals surface area (Å²) in [5.41, 5.74) is 0.972. The standard InChI is InChI=1S/C17H23FO2S/c1-12-3-2-4-14(15(12)18)16(19)13-5-8-20-17(11-13)6-9-21-10-7-17/h2-4,13,16,19H,5-11H2,1H3. The quantitative estimate of drug-likeness (QED) is 0.899. The molecule has 2 fully saturated rings. The molecule has 2 aliphatic rings. The van der Waals surface area contributed by atoms with Gasteiger partial charge in [0.2, 0.25) is 0 Å². The minimum Gasteiger partial charge on any atom is -0.388 e. The van der Waals surface area contributed by atoms with Gasteiger partial charge in [-0.2, -0.15) is 11.8 Å². The molecule has 116 valence electrons. The van der Waals surface area contributed by atoms with Crippen molar-refractivity contribution in [1.82, 2.24) is 0 Å². The summed E-state index contributed by atoms with van der Waals surface area (Å²) in [6.07, 6.45) is 3.04. The third-order valence-corrected chi connectivity index (χ3v) is 5.91. The van der Waals surface area contributed by atoms with Gasteiger partial charge in [0.05, 0.1) is 11.7 Å². The zero-order valence-electron chi connectivity index (χ0n) is 12.5. The summed E-state index contributed by atoms with van der Waals surface area (Å²) in [4.78, 5) is 0. The monoisotopic (exact) mass is 310 g/mol. The summed E-state index contributed by atoms with van der Waals surface area (Å²) in [7, 11) is 0. The molecule has 3 rings (SSSR count). The number of aryl methyl sites for hydroxylation is 1. The lowest BCUT2D eigenvalue weighted by molar-refractivity contribution is -0.121. The minimum atomic E-state index is -0.722. The van der Waals surface area contributed by atoms with Crippen molar-refractivity contribution >= 4 is 11.8 Å². The van der Waals surface area contributed by atoms with Crippen LogP contribution in [0.25, 0.3) is 0 Å². The first kappa shape index (κ1) is 15.3. The molecule has 2 heterocycles. The van der Waals surface area contributed by atoms with E-state index >= 15 is 0 Å². The van der Waals surface area contributed by atoms with Gasteiger partial charge in [-0.25, -0.2) is 4.39 Å². The van der Waals surface area contributed by atoms with E-state index in [0.717, 1.165) is 37.2 Å². The number of benzene rings is 1. The topological polar surface area (TPSA) is 29.5 Å². The molecule has 1 spiro atoms. The van der Waals surface area contributed by atoms with Crippen molar-refractivity contribution in [1.29, 1.82) is 0 Å². The zero-order chi connectivity index (χ0) is 14.9. The maximum atomic E-state index is 14.2. The summed E-state index contributed by atoms with van der Waals surface area (Å²) < 4.78 is 20.3.